The molecule has 1 atom stereocenters. The van der Waals surface area contributed by atoms with Crippen LogP contribution in [0.15, 0.2) is 27.4 Å². The number of hydrogen-bond donors (Lipinski definition) is 1. The molecule has 152 valence electrons. The van der Waals surface area contributed by atoms with Gasteiger partial charge in [-0.25, -0.2) is 14.4 Å². The molecule has 0 radical (unpaired) electrons. The molecule has 1 amide bonds. The number of fused-ring (bicyclic) bond motifs is 1. The lowest BCUT2D eigenvalue weighted by molar-refractivity contribution is -0.137. The lowest BCUT2D eigenvalue weighted by atomic mass is 10.1. The van der Waals surface area contributed by atoms with Crippen molar-refractivity contribution >= 4 is 34.6 Å². The lowest BCUT2D eigenvalue weighted by Crippen LogP contribution is -2.48. The van der Waals surface area contributed by atoms with Gasteiger partial charge < -0.3 is 19.2 Å². The van der Waals surface area contributed by atoms with Crippen LogP contribution in [0.1, 0.15) is 40.2 Å². The van der Waals surface area contributed by atoms with Gasteiger partial charge in [0.1, 0.15) is 28.0 Å². The normalized spacial score (nSPS) is 12.7. The Labute approximate surface area is 167 Å². The number of nitrogens with one attached hydrogen (secondary N) is 1. The van der Waals surface area contributed by atoms with E-state index in [9.17, 15) is 14.4 Å². The van der Waals surface area contributed by atoms with E-state index in [1.807, 2.05) is 0 Å². The van der Waals surface area contributed by atoms with Gasteiger partial charge in [0, 0.05) is 11.5 Å². The fourth-order valence-electron chi connectivity index (χ4n) is 2.49. The summed E-state index contributed by atoms with van der Waals surface area (Å²) >= 11 is 5.91. The molecule has 28 heavy (non-hydrogen) atoms. The molecule has 0 aliphatic rings. The molecule has 8 heteroatoms. The van der Waals surface area contributed by atoms with E-state index < -0.39 is 29.3 Å². The summed E-state index contributed by atoms with van der Waals surface area (Å²) in [7, 11) is 0. The zero-order chi connectivity index (χ0) is 21.2. The van der Waals surface area contributed by atoms with Crippen LogP contribution in [0.3, 0.4) is 0 Å². The average Bonchev–Trinajstić information content (AvgIpc) is 2.55. The quantitative estimate of drug-likeness (QED) is 0.461. The van der Waals surface area contributed by atoms with E-state index in [1.54, 1.807) is 53.7 Å². The molecule has 0 saturated carbocycles. The first-order valence-electron chi connectivity index (χ1n) is 8.83. The molecule has 1 heterocycles. The average molecular weight is 410 g/mol. The van der Waals surface area contributed by atoms with Crippen LogP contribution in [0.5, 0.6) is 5.75 Å². The third kappa shape index (κ3) is 5.25. The SMILES string of the molecule is Cc1c(Cl)c(=O)oc2cc(OC(=O)[C@@H](NC(=O)OC(C)(C)C)C(C)C)ccc12. The summed E-state index contributed by atoms with van der Waals surface area (Å²) in [4.78, 5) is 36.3. The van der Waals surface area contributed by atoms with E-state index in [0.29, 0.717) is 10.9 Å². The Bertz CT molecular complexity index is 958. The monoisotopic (exact) mass is 409 g/mol. The van der Waals surface area contributed by atoms with Gasteiger partial charge in [0.15, 0.2) is 0 Å². The molecular formula is C20H24ClNO6. The van der Waals surface area contributed by atoms with Crippen molar-refractivity contribution in [3.63, 3.8) is 0 Å². The first-order chi connectivity index (χ1) is 12.9. The Morgan fingerprint density at radius 3 is 2.43 bits per heavy atom. The van der Waals surface area contributed by atoms with E-state index in [-0.39, 0.29) is 22.3 Å². The summed E-state index contributed by atoms with van der Waals surface area (Å²) in [5.41, 5.74) is -0.525. The number of benzene rings is 1. The predicted molar refractivity (Wildman–Crippen MR) is 106 cm³/mol. The number of rotatable bonds is 4. The van der Waals surface area contributed by atoms with Gasteiger partial charge in [-0.1, -0.05) is 25.4 Å². The second-order valence-corrected chi connectivity index (χ2v) is 8.15. The number of amides is 1. The van der Waals surface area contributed by atoms with Crippen molar-refractivity contribution in [2.45, 2.75) is 53.2 Å². The molecule has 0 unspecified atom stereocenters. The molecule has 0 bridgehead atoms. The zero-order valence-corrected chi connectivity index (χ0v) is 17.5. The van der Waals surface area contributed by atoms with E-state index in [4.69, 9.17) is 25.5 Å². The van der Waals surface area contributed by atoms with Gasteiger partial charge >= 0.3 is 17.7 Å². The van der Waals surface area contributed by atoms with Crippen LogP contribution in [0.2, 0.25) is 5.02 Å². The second kappa shape index (κ2) is 8.22. The van der Waals surface area contributed by atoms with Crippen molar-refractivity contribution in [3.8, 4) is 5.75 Å². The molecular weight excluding hydrogens is 386 g/mol. The molecule has 2 aromatic rings. The van der Waals surface area contributed by atoms with Crippen molar-refractivity contribution in [1.82, 2.24) is 5.32 Å². The van der Waals surface area contributed by atoms with Crippen molar-refractivity contribution in [1.29, 1.82) is 0 Å². The topological polar surface area (TPSA) is 94.8 Å². The zero-order valence-electron chi connectivity index (χ0n) is 16.7. The van der Waals surface area contributed by atoms with E-state index >= 15 is 0 Å². The number of ether oxygens (including phenoxy) is 2. The van der Waals surface area contributed by atoms with E-state index in [1.165, 1.54) is 6.07 Å². The minimum atomic E-state index is -0.912. The Morgan fingerprint density at radius 2 is 1.86 bits per heavy atom. The van der Waals surface area contributed by atoms with Gasteiger partial charge in [0.2, 0.25) is 0 Å². The molecule has 0 aliphatic carbocycles. The number of carbonyl (C=O) groups is 2. The summed E-state index contributed by atoms with van der Waals surface area (Å²) in [6.45, 7) is 10.4. The Hall–Kier alpha value is -2.54. The minimum Gasteiger partial charge on any atom is -0.444 e. The van der Waals surface area contributed by atoms with Crippen LogP contribution in [-0.2, 0) is 9.53 Å². The number of aryl methyl sites for hydroxylation is 1. The van der Waals surface area contributed by atoms with Crippen LogP contribution >= 0.6 is 11.6 Å². The highest BCUT2D eigenvalue weighted by Gasteiger charge is 2.28. The smallest absolute Gasteiger partial charge is 0.408 e. The van der Waals surface area contributed by atoms with Gasteiger partial charge in [-0.3, -0.25) is 0 Å². The van der Waals surface area contributed by atoms with Crippen LogP contribution in [0.25, 0.3) is 11.0 Å². The second-order valence-electron chi connectivity index (χ2n) is 7.78. The largest absolute Gasteiger partial charge is 0.444 e. The van der Waals surface area contributed by atoms with Gasteiger partial charge in [-0.05, 0) is 51.3 Å². The van der Waals surface area contributed by atoms with Crippen LogP contribution in [0, 0.1) is 12.8 Å². The Kier molecular flexibility index (Phi) is 6.39. The van der Waals surface area contributed by atoms with Crippen LogP contribution in [-0.4, -0.2) is 23.7 Å². The maximum Gasteiger partial charge on any atom is 0.408 e. The summed E-state index contributed by atoms with van der Waals surface area (Å²) in [6, 6.07) is 3.73. The summed E-state index contributed by atoms with van der Waals surface area (Å²) < 4.78 is 15.7. The maximum absolute atomic E-state index is 12.6. The van der Waals surface area contributed by atoms with Gasteiger partial charge in [-0.2, -0.15) is 0 Å². The molecule has 0 saturated heterocycles. The molecule has 0 aliphatic heterocycles. The van der Waals surface area contributed by atoms with Crippen LogP contribution < -0.4 is 15.7 Å². The highest BCUT2D eigenvalue weighted by Crippen LogP contribution is 2.26. The molecule has 1 aromatic carbocycles. The highest BCUT2D eigenvalue weighted by molar-refractivity contribution is 6.31. The fourth-order valence-corrected chi connectivity index (χ4v) is 2.63. The predicted octanol–water partition coefficient (Wildman–Crippen LogP) is 4.21. The van der Waals surface area contributed by atoms with Gasteiger partial charge in [-0.15, -0.1) is 0 Å². The number of alkyl carbamates (subject to hydrolysis) is 1. The van der Waals surface area contributed by atoms with E-state index in [2.05, 4.69) is 5.32 Å². The lowest BCUT2D eigenvalue weighted by Gasteiger charge is -2.24. The molecule has 2 rings (SSSR count). The molecule has 0 spiro atoms. The number of hydrogen-bond acceptors (Lipinski definition) is 6. The van der Waals surface area contributed by atoms with Crippen molar-refractivity contribution in [2.24, 2.45) is 5.92 Å². The molecule has 1 N–H and O–H groups in total. The third-order valence-electron chi connectivity index (χ3n) is 3.88. The number of halogens is 1. The Morgan fingerprint density at radius 1 is 1.21 bits per heavy atom. The summed E-state index contributed by atoms with van der Waals surface area (Å²) in [5.74, 6) is -0.716. The molecule has 7 nitrogen and oxygen atoms in total. The number of carbonyl (C=O) groups excluding carboxylic acids is 2. The molecule has 1 aromatic heterocycles. The third-order valence-corrected chi connectivity index (χ3v) is 4.32. The summed E-state index contributed by atoms with van der Waals surface area (Å²) in [6.07, 6.45) is -0.710. The first kappa shape index (κ1) is 21.8. The summed E-state index contributed by atoms with van der Waals surface area (Å²) in [5, 5.41) is 3.18. The standard InChI is InChI=1S/C20H24ClNO6/c1-10(2)16(22-19(25)28-20(4,5)6)18(24)26-12-7-8-13-11(3)15(21)17(23)27-14(13)9-12/h7-10,16H,1-6H3,(H,22,25)/t16-/m0/s1. The maximum atomic E-state index is 12.6. The van der Waals surface area contributed by atoms with Crippen LogP contribution in [0.4, 0.5) is 4.79 Å². The first-order valence-corrected chi connectivity index (χ1v) is 9.21. The minimum absolute atomic E-state index is 0.0127. The van der Waals surface area contributed by atoms with E-state index in [0.717, 1.165) is 0 Å². The van der Waals surface area contributed by atoms with Crippen molar-refractivity contribution in [2.75, 3.05) is 0 Å². The van der Waals surface area contributed by atoms with Crippen molar-refractivity contribution in [3.05, 3.63) is 39.2 Å². The highest BCUT2D eigenvalue weighted by atomic mass is 35.5. The fraction of sp³-hybridized carbons (Fsp3) is 0.450. The van der Waals surface area contributed by atoms with Gasteiger partial charge in [0.05, 0.1) is 0 Å². The Balaban J connectivity index is 2.22. The van der Waals surface area contributed by atoms with Crippen molar-refractivity contribution < 1.29 is 23.5 Å². The number of esters is 1. The van der Waals surface area contributed by atoms with Gasteiger partial charge in [0.25, 0.3) is 0 Å². The molecule has 0 fully saturated rings.